The molecule has 0 saturated heterocycles. The second kappa shape index (κ2) is 10.1. The number of guanidine groups is 1. The predicted octanol–water partition coefficient (Wildman–Crippen LogP) is 2.69. The Hall–Kier alpha value is -1.80. The van der Waals surface area contributed by atoms with Crippen molar-refractivity contribution in [2.45, 2.75) is 37.0 Å². The Kier molecular flexibility index (Phi) is 7.84. The highest BCUT2D eigenvalue weighted by Gasteiger charge is 2.24. The molecule has 0 heterocycles. The van der Waals surface area contributed by atoms with Crippen molar-refractivity contribution in [2.24, 2.45) is 4.99 Å². The van der Waals surface area contributed by atoms with E-state index in [2.05, 4.69) is 39.9 Å². The number of terminal acetylenes is 1. The molecule has 130 valence electrons. The number of benzene rings is 1. The van der Waals surface area contributed by atoms with E-state index in [0.717, 1.165) is 29.9 Å². The Morgan fingerprint density at radius 1 is 1.38 bits per heavy atom. The normalized spacial score (nSPS) is 20.5. The molecule has 1 aliphatic carbocycles. The summed E-state index contributed by atoms with van der Waals surface area (Å²) >= 11 is 1.97. The van der Waals surface area contributed by atoms with Crippen LogP contribution in [0.2, 0.25) is 0 Å². The molecule has 2 rings (SSSR count). The summed E-state index contributed by atoms with van der Waals surface area (Å²) in [6, 6.07) is 8.61. The fraction of sp³-hybridized carbons (Fsp3) is 0.526. The number of ether oxygens (including phenoxy) is 1. The number of nitrogens with one attached hydrogen (secondary N) is 2. The van der Waals surface area contributed by atoms with Crippen LogP contribution in [0.25, 0.3) is 0 Å². The molecule has 24 heavy (non-hydrogen) atoms. The van der Waals surface area contributed by atoms with Crippen molar-refractivity contribution in [3.8, 4) is 18.1 Å². The number of thioether (sulfide) groups is 1. The summed E-state index contributed by atoms with van der Waals surface area (Å²) in [5.41, 5.74) is 1.26. The first-order valence-corrected chi connectivity index (χ1v) is 9.69. The Labute approximate surface area is 149 Å². The summed E-state index contributed by atoms with van der Waals surface area (Å²) in [6.07, 6.45) is 12.1. The molecule has 0 radical (unpaired) electrons. The highest BCUT2D eigenvalue weighted by atomic mass is 32.2. The van der Waals surface area contributed by atoms with E-state index >= 15 is 0 Å². The van der Waals surface area contributed by atoms with Gasteiger partial charge in [-0.15, -0.1) is 6.42 Å². The van der Waals surface area contributed by atoms with Crippen LogP contribution in [0.5, 0.6) is 5.75 Å². The van der Waals surface area contributed by atoms with Gasteiger partial charge in [0.15, 0.2) is 5.96 Å². The molecule has 1 aromatic rings. The highest BCUT2D eigenvalue weighted by molar-refractivity contribution is 7.99. The summed E-state index contributed by atoms with van der Waals surface area (Å²) in [6.45, 7) is 1.16. The minimum Gasteiger partial charge on any atom is -0.481 e. The van der Waals surface area contributed by atoms with Crippen LogP contribution in [0.4, 0.5) is 0 Å². The average Bonchev–Trinajstić information content (AvgIpc) is 3.07. The van der Waals surface area contributed by atoms with Crippen LogP contribution in [0.3, 0.4) is 0 Å². The number of hydrogen-bond donors (Lipinski definition) is 2. The second-order valence-electron chi connectivity index (χ2n) is 5.90. The Bertz CT molecular complexity index is 565. The minimum atomic E-state index is 0.307. The number of nitrogens with zero attached hydrogens (tertiary/aromatic N) is 1. The molecule has 1 saturated carbocycles. The van der Waals surface area contributed by atoms with Crippen molar-refractivity contribution in [2.75, 3.05) is 26.5 Å². The van der Waals surface area contributed by atoms with Crippen LogP contribution < -0.4 is 15.4 Å². The lowest BCUT2D eigenvalue weighted by Crippen LogP contribution is -2.43. The van der Waals surface area contributed by atoms with Gasteiger partial charge in [-0.1, -0.05) is 18.1 Å². The maximum Gasteiger partial charge on any atom is 0.191 e. The van der Waals surface area contributed by atoms with Gasteiger partial charge in [0.2, 0.25) is 0 Å². The molecule has 1 fully saturated rings. The van der Waals surface area contributed by atoms with Gasteiger partial charge in [0.1, 0.15) is 12.4 Å². The zero-order chi connectivity index (χ0) is 17.2. The van der Waals surface area contributed by atoms with E-state index in [1.807, 2.05) is 30.9 Å². The fourth-order valence-electron chi connectivity index (χ4n) is 2.88. The highest BCUT2D eigenvalue weighted by Crippen LogP contribution is 2.27. The van der Waals surface area contributed by atoms with Gasteiger partial charge in [-0.25, -0.2) is 0 Å². The van der Waals surface area contributed by atoms with E-state index in [-0.39, 0.29) is 0 Å². The summed E-state index contributed by atoms with van der Waals surface area (Å²) in [7, 11) is 1.83. The summed E-state index contributed by atoms with van der Waals surface area (Å²) in [4.78, 5) is 4.33. The van der Waals surface area contributed by atoms with E-state index in [1.165, 1.54) is 24.8 Å². The van der Waals surface area contributed by atoms with Gasteiger partial charge in [0.05, 0.1) is 0 Å². The van der Waals surface area contributed by atoms with Crippen LogP contribution in [-0.4, -0.2) is 43.7 Å². The van der Waals surface area contributed by atoms with Crippen LogP contribution in [0.1, 0.15) is 24.8 Å². The largest absolute Gasteiger partial charge is 0.481 e. The molecule has 1 aromatic carbocycles. The van der Waals surface area contributed by atoms with E-state index in [1.54, 1.807) is 0 Å². The van der Waals surface area contributed by atoms with Crippen LogP contribution >= 0.6 is 11.8 Å². The third-order valence-electron chi connectivity index (χ3n) is 4.23. The van der Waals surface area contributed by atoms with Crippen molar-refractivity contribution in [1.29, 1.82) is 0 Å². The first kappa shape index (κ1) is 18.5. The predicted molar refractivity (Wildman–Crippen MR) is 104 cm³/mol. The molecule has 0 aliphatic heterocycles. The first-order valence-electron chi connectivity index (χ1n) is 8.40. The van der Waals surface area contributed by atoms with Crippen LogP contribution in [-0.2, 0) is 6.42 Å². The van der Waals surface area contributed by atoms with Crippen molar-refractivity contribution < 1.29 is 4.74 Å². The maximum absolute atomic E-state index is 5.38. The fourth-order valence-corrected chi connectivity index (χ4v) is 3.67. The average molecular weight is 346 g/mol. The van der Waals surface area contributed by atoms with Gasteiger partial charge < -0.3 is 15.4 Å². The number of hydrogen-bond acceptors (Lipinski definition) is 3. The summed E-state index contributed by atoms with van der Waals surface area (Å²) in [5, 5.41) is 7.72. The molecule has 2 atom stereocenters. The van der Waals surface area contributed by atoms with Crippen molar-refractivity contribution in [3.63, 3.8) is 0 Å². The molecule has 2 N–H and O–H groups in total. The monoisotopic (exact) mass is 345 g/mol. The summed E-state index contributed by atoms with van der Waals surface area (Å²) in [5.74, 6) is 4.18. The lowest BCUT2D eigenvalue weighted by Gasteiger charge is -2.17. The molecule has 0 aromatic heterocycles. The molecule has 4 nitrogen and oxygen atoms in total. The lowest BCUT2D eigenvalue weighted by molar-refractivity contribution is 0.370. The zero-order valence-electron chi connectivity index (χ0n) is 14.5. The lowest BCUT2D eigenvalue weighted by atomic mass is 10.1. The standard InChI is InChI=1S/C19H27N3OS/c1-4-13-23-17-8-5-15(6-9-17)11-12-21-19(20-2)22-16-7-10-18(14-16)24-3/h1,5-6,8-9,16,18H,7,10-14H2,2-3H3,(H2,20,21,22). The van der Waals surface area contributed by atoms with Gasteiger partial charge in [0.25, 0.3) is 0 Å². The van der Waals surface area contributed by atoms with Crippen LogP contribution in [0, 0.1) is 12.3 Å². The second-order valence-corrected chi connectivity index (χ2v) is 7.04. The third kappa shape index (κ3) is 6.01. The SMILES string of the molecule is C#CCOc1ccc(CCNC(=NC)NC2CCC(SC)C2)cc1. The Morgan fingerprint density at radius 2 is 2.17 bits per heavy atom. The first-order chi connectivity index (χ1) is 11.7. The molecule has 2 unspecified atom stereocenters. The molecule has 1 aliphatic rings. The number of rotatable bonds is 7. The quantitative estimate of drug-likeness (QED) is 0.453. The molecule has 0 bridgehead atoms. The van der Waals surface area contributed by atoms with Gasteiger partial charge in [-0.2, -0.15) is 11.8 Å². The smallest absolute Gasteiger partial charge is 0.191 e. The van der Waals surface area contributed by atoms with Crippen LogP contribution in [0.15, 0.2) is 29.3 Å². The van der Waals surface area contributed by atoms with Crippen molar-refractivity contribution >= 4 is 17.7 Å². The van der Waals surface area contributed by atoms with Gasteiger partial charge in [0, 0.05) is 24.9 Å². The van der Waals surface area contributed by atoms with E-state index in [4.69, 9.17) is 11.2 Å². The molecular formula is C19H27N3OS. The van der Waals surface area contributed by atoms with Crippen molar-refractivity contribution in [1.82, 2.24) is 10.6 Å². The number of aliphatic imine (C=N–C) groups is 1. The van der Waals surface area contributed by atoms with E-state index in [0.29, 0.717) is 12.6 Å². The van der Waals surface area contributed by atoms with Gasteiger partial charge >= 0.3 is 0 Å². The zero-order valence-corrected chi connectivity index (χ0v) is 15.4. The Balaban J connectivity index is 1.71. The molecule has 0 spiro atoms. The Morgan fingerprint density at radius 3 is 2.79 bits per heavy atom. The van der Waals surface area contributed by atoms with Gasteiger partial charge in [-0.05, 0) is 49.6 Å². The topological polar surface area (TPSA) is 45.6 Å². The van der Waals surface area contributed by atoms with E-state index in [9.17, 15) is 0 Å². The molecule has 0 amide bonds. The van der Waals surface area contributed by atoms with E-state index < -0.39 is 0 Å². The third-order valence-corrected chi connectivity index (χ3v) is 5.33. The molecule has 5 heteroatoms. The maximum atomic E-state index is 5.38. The van der Waals surface area contributed by atoms with Crippen molar-refractivity contribution in [3.05, 3.63) is 29.8 Å². The van der Waals surface area contributed by atoms with Gasteiger partial charge in [-0.3, -0.25) is 4.99 Å². The molecular weight excluding hydrogens is 318 g/mol. The minimum absolute atomic E-state index is 0.307. The summed E-state index contributed by atoms with van der Waals surface area (Å²) < 4.78 is 5.38.